The zero-order chi connectivity index (χ0) is 15.3. The summed E-state index contributed by atoms with van der Waals surface area (Å²) in [6, 6.07) is 11.5. The normalized spacial score (nSPS) is 10.8. The van der Waals surface area contributed by atoms with Crippen LogP contribution in [0, 0.1) is 11.3 Å². The van der Waals surface area contributed by atoms with Crippen molar-refractivity contribution < 1.29 is 13.2 Å². The molecule has 108 valence electrons. The minimum absolute atomic E-state index is 0.146. The number of nitrogens with one attached hydrogen (secondary N) is 2. The Balaban J connectivity index is 1.99. The second-order valence-corrected chi connectivity index (χ2v) is 6.90. The molecule has 1 amide bonds. The highest BCUT2D eigenvalue weighted by molar-refractivity contribution is 7.91. The lowest BCUT2D eigenvalue weighted by atomic mass is 10.2. The molecule has 8 heteroatoms. The van der Waals surface area contributed by atoms with Crippen LogP contribution in [-0.4, -0.2) is 20.9 Å². The van der Waals surface area contributed by atoms with Crippen LogP contribution in [0.15, 0.2) is 46.0 Å². The minimum atomic E-state index is -3.68. The van der Waals surface area contributed by atoms with Crippen LogP contribution in [0.4, 0.5) is 5.69 Å². The number of hydrogen-bond donors (Lipinski definition) is 2. The van der Waals surface area contributed by atoms with E-state index in [2.05, 4.69) is 10.0 Å². The minimum Gasteiger partial charge on any atom is -0.324 e. The van der Waals surface area contributed by atoms with Crippen LogP contribution >= 0.6 is 11.3 Å². The van der Waals surface area contributed by atoms with E-state index >= 15 is 0 Å². The zero-order valence-electron chi connectivity index (χ0n) is 10.7. The van der Waals surface area contributed by atoms with Gasteiger partial charge in [-0.3, -0.25) is 4.79 Å². The molecule has 0 radical (unpaired) electrons. The average molecular weight is 321 g/mol. The summed E-state index contributed by atoms with van der Waals surface area (Å²) in [5.41, 5.74) is 0.660. The lowest BCUT2D eigenvalue weighted by Crippen LogP contribution is -2.32. The number of carbonyl (C=O) groups is 1. The smallest absolute Gasteiger partial charge is 0.250 e. The summed E-state index contributed by atoms with van der Waals surface area (Å²) >= 11 is 1.07. The Bertz CT molecular complexity index is 777. The Hall–Kier alpha value is -2.21. The third kappa shape index (κ3) is 3.88. The van der Waals surface area contributed by atoms with Crippen molar-refractivity contribution in [3.63, 3.8) is 0 Å². The van der Waals surface area contributed by atoms with Crippen molar-refractivity contribution in [1.29, 1.82) is 5.26 Å². The van der Waals surface area contributed by atoms with Gasteiger partial charge in [0.05, 0.1) is 17.8 Å². The molecular formula is C13H11N3O3S2. The predicted octanol–water partition coefficient (Wildman–Crippen LogP) is 1.54. The van der Waals surface area contributed by atoms with Crippen molar-refractivity contribution in [3.05, 3.63) is 47.3 Å². The number of hydrogen-bond acceptors (Lipinski definition) is 5. The Morgan fingerprint density at radius 1 is 1.24 bits per heavy atom. The topological polar surface area (TPSA) is 99.1 Å². The van der Waals surface area contributed by atoms with Gasteiger partial charge in [0.25, 0.3) is 10.0 Å². The van der Waals surface area contributed by atoms with Crippen LogP contribution < -0.4 is 10.0 Å². The second-order valence-electron chi connectivity index (χ2n) is 3.96. The van der Waals surface area contributed by atoms with Gasteiger partial charge in [0, 0.05) is 0 Å². The average Bonchev–Trinajstić information content (AvgIpc) is 3.01. The number of nitrogens with zero attached hydrogens (tertiary/aromatic N) is 1. The molecule has 0 spiro atoms. The first-order chi connectivity index (χ1) is 10.0. The van der Waals surface area contributed by atoms with Gasteiger partial charge >= 0.3 is 0 Å². The van der Waals surface area contributed by atoms with Gasteiger partial charge in [0.1, 0.15) is 10.3 Å². The van der Waals surface area contributed by atoms with E-state index in [9.17, 15) is 13.2 Å². The molecular weight excluding hydrogens is 310 g/mol. The monoisotopic (exact) mass is 321 g/mol. The highest BCUT2D eigenvalue weighted by atomic mass is 32.2. The van der Waals surface area contributed by atoms with E-state index < -0.39 is 22.5 Å². The fraction of sp³-hybridized carbons (Fsp3) is 0.0769. The Morgan fingerprint density at radius 2 is 2.00 bits per heavy atom. The first-order valence-electron chi connectivity index (χ1n) is 5.85. The van der Waals surface area contributed by atoms with Gasteiger partial charge in [0.15, 0.2) is 0 Å². The van der Waals surface area contributed by atoms with Gasteiger partial charge in [-0.05, 0) is 23.6 Å². The number of carbonyl (C=O) groups excluding carboxylic acids is 1. The molecule has 0 atom stereocenters. The van der Waals surface area contributed by atoms with E-state index in [1.54, 1.807) is 35.7 Å². The number of rotatable bonds is 5. The van der Waals surface area contributed by atoms with Gasteiger partial charge in [-0.25, -0.2) is 13.1 Å². The van der Waals surface area contributed by atoms with Gasteiger partial charge in [-0.15, -0.1) is 11.3 Å². The first kappa shape index (κ1) is 15.2. The summed E-state index contributed by atoms with van der Waals surface area (Å²) in [6.07, 6.45) is 0. The van der Waals surface area contributed by atoms with E-state index in [1.165, 1.54) is 6.07 Å². The Labute approximate surface area is 126 Å². The molecule has 0 aliphatic heterocycles. The second kappa shape index (κ2) is 6.49. The van der Waals surface area contributed by atoms with E-state index in [1.807, 2.05) is 6.07 Å². The molecule has 2 rings (SSSR count). The molecule has 0 aliphatic rings. The molecule has 21 heavy (non-hydrogen) atoms. The van der Waals surface area contributed by atoms with Gasteiger partial charge in [0.2, 0.25) is 5.91 Å². The van der Waals surface area contributed by atoms with Crippen LogP contribution in [0.25, 0.3) is 0 Å². The largest absolute Gasteiger partial charge is 0.324 e. The summed E-state index contributed by atoms with van der Waals surface area (Å²) in [7, 11) is -3.68. The molecule has 0 bridgehead atoms. The Morgan fingerprint density at radius 3 is 2.67 bits per heavy atom. The van der Waals surface area contributed by atoms with Crippen LogP contribution in [0.2, 0.25) is 0 Å². The molecule has 1 aromatic heterocycles. The molecule has 1 aromatic carbocycles. The van der Waals surface area contributed by atoms with Crippen LogP contribution in [0.3, 0.4) is 0 Å². The molecule has 0 saturated carbocycles. The van der Waals surface area contributed by atoms with Gasteiger partial charge in [-0.1, -0.05) is 18.2 Å². The highest BCUT2D eigenvalue weighted by Gasteiger charge is 2.16. The SMILES string of the molecule is N#Cc1ccccc1NC(=O)CNS(=O)(=O)c1cccs1. The maximum absolute atomic E-state index is 11.8. The molecule has 0 unspecified atom stereocenters. The molecule has 2 aromatic rings. The van der Waals surface area contributed by atoms with E-state index in [0.29, 0.717) is 11.3 Å². The molecule has 0 fully saturated rings. The number of amides is 1. The number of anilines is 1. The fourth-order valence-electron chi connectivity index (χ4n) is 1.53. The lowest BCUT2D eigenvalue weighted by molar-refractivity contribution is -0.115. The standard InChI is InChI=1S/C13H11N3O3S2/c14-8-10-4-1-2-5-11(10)16-12(17)9-15-21(18,19)13-6-3-7-20-13/h1-7,15H,9H2,(H,16,17). The summed E-state index contributed by atoms with van der Waals surface area (Å²) in [4.78, 5) is 11.8. The molecule has 6 nitrogen and oxygen atoms in total. The van der Waals surface area contributed by atoms with Crippen molar-refractivity contribution >= 4 is 33.0 Å². The van der Waals surface area contributed by atoms with Crippen molar-refractivity contribution in [2.75, 3.05) is 11.9 Å². The fourth-order valence-corrected chi connectivity index (χ4v) is 3.55. The number of para-hydroxylation sites is 1. The van der Waals surface area contributed by atoms with Crippen molar-refractivity contribution in [3.8, 4) is 6.07 Å². The van der Waals surface area contributed by atoms with Crippen molar-refractivity contribution in [1.82, 2.24) is 4.72 Å². The highest BCUT2D eigenvalue weighted by Crippen LogP contribution is 2.15. The van der Waals surface area contributed by atoms with E-state index in [4.69, 9.17) is 5.26 Å². The quantitative estimate of drug-likeness (QED) is 0.872. The molecule has 0 aliphatic carbocycles. The lowest BCUT2D eigenvalue weighted by Gasteiger charge is -2.07. The number of sulfonamides is 1. The maximum atomic E-state index is 11.8. The molecule has 1 heterocycles. The van der Waals surface area contributed by atoms with Crippen molar-refractivity contribution in [2.24, 2.45) is 0 Å². The summed E-state index contributed by atoms with van der Waals surface area (Å²) in [5, 5.41) is 13.0. The third-order valence-electron chi connectivity index (χ3n) is 2.50. The summed E-state index contributed by atoms with van der Waals surface area (Å²) in [6.45, 7) is -0.403. The van der Waals surface area contributed by atoms with Crippen LogP contribution in [0.5, 0.6) is 0 Å². The maximum Gasteiger partial charge on any atom is 0.250 e. The number of nitriles is 1. The van der Waals surface area contributed by atoms with Crippen LogP contribution in [-0.2, 0) is 14.8 Å². The molecule has 0 saturated heterocycles. The predicted molar refractivity (Wildman–Crippen MR) is 79.3 cm³/mol. The zero-order valence-corrected chi connectivity index (χ0v) is 12.4. The Kier molecular flexibility index (Phi) is 4.70. The molecule has 2 N–H and O–H groups in total. The summed E-state index contributed by atoms with van der Waals surface area (Å²) in [5.74, 6) is -0.544. The first-order valence-corrected chi connectivity index (χ1v) is 8.21. The van der Waals surface area contributed by atoms with Crippen molar-refractivity contribution in [2.45, 2.75) is 4.21 Å². The van der Waals surface area contributed by atoms with E-state index in [-0.39, 0.29) is 4.21 Å². The third-order valence-corrected chi connectivity index (χ3v) is 5.30. The van der Waals surface area contributed by atoms with Gasteiger partial charge < -0.3 is 5.32 Å². The van der Waals surface area contributed by atoms with Gasteiger partial charge in [-0.2, -0.15) is 5.26 Å². The number of benzene rings is 1. The van der Waals surface area contributed by atoms with E-state index in [0.717, 1.165) is 11.3 Å². The number of thiophene rings is 1. The summed E-state index contributed by atoms with van der Waals surface area (Å²) < 4.78 is 26.0. The van der Waals surface area contributed by atoms with Crippen LogP contribution in [0.1, 0.15) is 5.56 Å².